The molecule has 0 aliphatic rings. The van der Waals surface area contributed by atoms with Gasteiger partial charge in [0.1, 0.15) is 5.01 Å². The second-order valence-electron chi connectivity index (χ2n) is 5.34. The number of aryl methyl sites for hydroxylation is 2. The van der Waals surface area contributed by atoms with Crippen LogP contribution in [0.5, 0.6) is 0 Å². The van der Waals surface area contributed by atoms with Gasteiger partial charge in [-0.25, -0.2) is 4.98 Å². The van der Waals surface area contributed by atoms with Gasteiger partial charge in [-0.2, -0.15) is 0 Å². The third kappa shape index (κ3) is 4.07. The number of thiazole rings is 1. The molecule has 0 saturated carbocycles. The monoisotopic (exact) mass is 386 g/mol. The summed E-state index contributed by atoms with van der Waals surface area (Å²) in [4.78, 5) is 6.11. The molecule has 0 saturated heterocycles. The molecule has 1 heterocycles. The van der Waals surface area contributed by atoms with Crippen LogP contribution in [-0.4, -0.2) is 11.0 Å². The predicted molar refractivity (Wildman–Crippen MR) is 95.5 cm³/mol. The van der Waals surface area contributed by atoms with Gasteiger partial charge in [-0.15, -0.1) is 11.3 Å². The maximum Gasteiger partial charge on any atom is 0.115 e. The second kappa shape index (κ2) is 7.23. The lowest BCUT2D eigenvalue weighted by molar-refractivity contribution is 0.526. The van der Waals surface area contributed by atoms with Gasteiger partial charge in [-0.3, -0.25) is 0 Å². The summed E-state index contributed by atoms with van der Waals surface area (Å²) < 4.78 is 0.917. The summed E-state index contributed by atoms with van der Waals surface area (Å²) in [5.41, 5.74) is 2.34. The standard InChI is InChI=1S/C16H20BrClN2S/c1-5-14-10(4)21-16(20-14)15(19-9(2)3)11-6-7-12(17)13(18)8-11/h6-9,15,19H,5H2,1-4H3. The molecule has 0 spiro atoms. The van der Waals surface area contributed by atoms with Crippen molar-refractivity contribution >= 4 is 38.9 Å². The van der Waals surface area contributed by atoms with Crippen LogP contribution in [0.4, 0.5) is 0 Å². The number of nitrogens with zero attached hydrogens (tertiary/aromatic N) is 1. The Morgan fingerprint density at radius 1 is 1.38 bits per heavy atom. The summed E-state index contributed by atoms with van der Waals surface area (Å²) in [6.45, 7) is 8.58. The lowest BCUT2D eigenvalue weighted by Crippen LogP contribution is -2.29. The van der Waals surface area contributed by atoms with Crippen molar-refractivity contribution in [3.8, 4) is 0 Å². The van der Waals surface area contributed by atoms with E-state index >= 15 is 0 Å². The van der Waals surface area contributed by atoms with Crippen molar-refractivity contribution in [3.05, 3.63) is 48.8 Å². The molecule has 0 radical (unpaired) electrons. The van der Waals surface area contributed by atoms with Gasteiger partial charge in [-0.1, -0.05) is 24.6 Å². The fourth-order valence-corrected chi connectivity index (χ4v) is 3.77. The topological polar surface area (TPSA) is 24.9 Å². The van der Waals surface area contributed by atoms with Crippen LogP contribution in [-0.2, 0) is 6.42 Å². The zero-order chi connectivity index (χ0) is 15.6. The molecule has 0 aliphatic carbocycles. The van der Waals surface area contributed by atoms with Crippen molar-refractivity contribution < 1.29 is 0 Å². The number of rotatable bonds is 5. The fraction of sp³-hybridized carbons (Fsp3) is 0.438. The van der Waals surface area contributed by atoms with Crippen LogP contribution in [0, 0.1) is 6.92 Å². The summed E-state index contributed by atoms with van der Waals surface area (Å²) in [7, 11) is 0. The van der Waals surface area contributed by atoms with E-state index in [0.717, 1.165) is 26.5 Å². The van der Waals surface area contributed by atoms with Crippen LogP contribution in [0.2, 0.25) is 5.02 Å². The number of hydrogen-bond donors (Lipinski definition) is 1. The minimum absolute atomic E-state index is 0.0830. The molecule has 0 fully saturated rings. The zero-order valence-corrected chi connectivity index (χ0v) is 15.9. The highest BCUT2D eigenvalue weighted by atomic mass is 79.9. The summed E-state index contributed by atoms with van der Waals surface area (Å²) in [5.74, 6) is 0. The largest absolute Gasteiger partial charge is 0.302 e. The van der Waals surface area contributed by atoms with Crippen LogP contribution < -0.4 is 5.32 Å². The second-order valence-corrected chi connectivity index (χ2v) is 7.83. The zero-order valence-electron chi connectivity index (χ0n) is 12.7. The Balaban J connectivity index is 2.43. The van der Waals surface area contributed by atoms with Gasteiger partial charge in [0.2, 0.25) is 0 Å². The number of benzene rings is 1. The molecular weight excluding hydrogens is 368 g/mol. The average Bonchev–Trinajstić information content (AvgIpc) is 2.80. The normalized spacial score (nSPS) is 12.9. The van der Waals surface area contributed by atoms with Crippen LogP contribution in [0.3, 0.4) is 0 Å². The molecular formula is C16H20BrClN2S. The summed E-state index contributed by atoms with van der Waals surface area (Å²) in [6, 6.07) is 6.55. The van der Waals surface area contributed by atoms with Gasteiger partial charge in [-0.05, 0) is 60.8 Å². The first-order chi connectivity index (χ1) is 9.92. The van der Waals surface area contributed by atoms with Crippen LogP contribution in [0.15, 0.2) is 22.7 Å². The van der Waals surface area contributed by atoms with E-state index in [1.54, 1.807) is 11.3 Å². The molecule has 0 aliphatic heterocycles. The molecule has 2 nitrogen and oxygen atoms in total. The third-order valence-corrected chi connectivity index (χ3v) is 5.58. The average molecular weight is 388 g/mol. The molecule has 0 amide bonds. The SMILES string of the molecule is CCc1nc(C(NC(C)C)c2ccc(Br)c(Cl)c2)sc1C. The van der Waals surface area contributed by atoms with Gasteiger partial charge in [0, 0.05) is 15.4 Å². The Morgan fingerprint density at radius 2 is 2.10 bits per heavy atom. The summed E-state index contributed by atoms with van der Waals surface area (Å²) in [6.07, 6.45) is 0.970. The van der Waals surface area contributed by atoms with Crippen LogP contribution in [0.25, 0.3) is 0 Å². The van der Waals surface area contributed by atoms with E-state index in [-0.39, 0.29) is 6.04 Å². The maximum atomic E-state index is 6.25. The summed E-state index contributed by atoms with van der Waals surface area (Å²) in [5, 5.41) is 5.43. The Hall–Kier alpha value is -0.420. The van der Waals surface area contributed by atoms with Crippen LogP contribution in [0.1, 0.15) is 48.0 Å². The van der Waals surface area contributed by atoms with Crippen molar-refractivity contribution in [1.82, 2.24) is 10.3 Å². The molecule has 1 aromatic carbocycles. The van der Waals surface area contributed by atoms with Gasteiger partial charge in [0.15, 0.2) is 0 Å². The molecule has 114 valence electrons. The summed E-state index contributed by atoms with van der Waals surface area (Å²) >= 11 is 11.5. The van der Waals surface area contributed by atoms with Gasteiger partial charge in [0.25, 0.3) is 0 Å². The van der Waals surface area contributed by atoms with Crippen molar-refractivity contribution in [2.24, 2.45) is 0 Å². The first kappa shape index (κ1) is 16.9. The lowest BCUT2D eigenvalue weighted by Gasteiger charge is -2.20. The molecule has 1 unspecified atom stereocenters. The lowest BCUT2D eigenvalue weighted by atomic mass is 10.1. The molecule has 0 bridgehead atoms. The first-order valence-electron chi connectivity index (χ1n) is 7.09. The fourth-order valence-electron chi connectivity index (χ4n) is 2.24. The number of halogens is 2. The van der Waals surface area contributed by atoms with Crippen molar-refractivity contribution in [3.63, 3.8) is 0 Å². The molecule has 1 aromatic heterocycles. The smallest absolute Gasteiger partial charge is 0.115 e. The number of hydrogen-bond acceptors (Lipinski definition) is 3. The first-order valence-corrected chi connectivity index (χ1v) is 9.08. The van der Waals surface area contributed by atoms with Crippen LogP contribution >= 0.6 is 38.9 Å². The molecule has 5 heteroatoms. The maximum absolute atomic E-state index is 6.25. The molecule has 1 N–H and O–H groups in total. The van der Waals surface area contributed by atoms with Crippen molar-refractivity contribution in [2.45, 2.75) is 46.2 Å². The van der Waals surface area contributed by atoms with E-state index < -0.39 is 0 Å². The van der Waals surface area contributed by atoms with Gasteiger partial charge < -0.3 is 5.32 Å². The predicted octanol–water partition coefficient (Wildman–Crippen LogP) is 5.52. The van der Waals surface area contributed by atoms with E-state index in [0.29, 0.717) is 6.04 Å². The van der Waals surface area contributed by atoms with Crippen molar-refractivity contribution in [1.29, 1.82) is 0 Å². The minimum atomic E-state index is 0.0830. The Bertz CT molecular complexity index is 625. The third-order valence-electron chi connectivity index (χ3n) is 3.27. The highest BCUT2D eigenvalue weighted by Crippen LogP contribution is 2.32. The van der Waals surface area contributed by atoms with Gasteiger partial charge >= 0.3 is 0 Å². The highest BCUT2D eigenvalue weighted by molar-refractivity contribution is 9.10. The van der Waals surface area contributed by atoms with E-state index in [4.69, 9.17) is 16.6 Å². The van der Waals surface area contributed by atoms with E-state index in [2.05, 4.69) is 55.0 Å². The quantitative estimate of drug-likeness (QED) is 0.731. The molecule has 2 rings (SSSR count). The molecule has 2 aromatic rings. The number of nitrogens with one attached hydrogen (secondary N) is 1. The Labute approximate surface area is 144 Å². The Morgan fingerprint density at radius 3 is 2.62 bits per heavy atom. The Kier molecular flexibility index (Phi) is 5.83. The van der Waals surface area contributed by atoms with Crippen molar-refractivity contribution in [2.75, 3.05) is 0 Å². The van der Waals surface area contributed by atoms with E-state index in [9.17, 15) is 0 Å². The number of aromatic nitrogens is 1. The van der Waals surface area contributed by atoms with E-state index in [1.165, 1.54) is 10.6 Å². The molecule has 21 heavy (non-hydrogen) atoms. The highest BCUT2D eigenvalue weighted by Gasteiger charge is 2.20. The minimum Gasteiger partial charge on any atom is -0.302 e. The van der Waals surface area contributed by atoms with Gasteiger partial charge in [0.05, 0.1) is 16.8 Å². The van der Waals surface area contributed by atoms with E-state index in [1.807, 2.05) is 12.1 Å². The molecule has 1 atom stereocenters.